The third kappa shape index (κ3) is 5.00. The maximum Gasteiger partial charge on any atom is 0.319 e. The van der Waals surface area contributed by atoms with Crippen LogP contribution in [0.25, 0.3) is 0 Å². The average molecular weight is 324 g/mol. The predicted molar refractivity (Wildman–Crippen MR) is 79.5 cm³/mol. The zero-order chi connectivity index (χ0) is 16.8. The molecule has 1 atom stereocenters. The number of hydrogen-bond donors (Lipinski definition) is 3. The number of benzene rings is 2. The number of anilines is 1. The summed E-state index contributed by atoms with van der Waals surface area (Å²) in [6, 6.07) is 9.77. The van der Waals surface area contributed by atoms with Crippen LogP contribution in [0.5, 0.6) is 0 Å². The van der Waals surface area contributed by atoms with Crippen molar-refractivity contribution in [3.63, 3.8) is 0 Å². The minimum absolute atomic E-state index is 0.0487. The molecular formula is C16H15F3N2O2. The lowest BCUT2D eigenvalue weighted by molar-refractivity contribution is 0.172. The second-order valence-electron chi connectivity index (χ2n) is 4.93. The number of rotatable bonds is 5. The summed E-state index contributed by atoms with van der Waals surface area (Å²) < 4.78 is 38.8. The molecule has 2 aromatic rings. The first-order chi connectivity index (χ1) is 11.0. The van der Waals surface area contributed by atoms with Crippen molar-refractivity contribution >= 4 is 11.7 Å². The van der Waals surface area contributed by atoms with E-state index in [0.29, 0.717) is 18.6 Å². The van der Waals surface area contributed by atoms with Crippen LogP contribution in [0.2, 0.25) is 0 Å². The van der Waals surface area contributed by atoms with E-state index < -0.39 is 29.6 Å². The number of halogens is 3. The Hall–Kier alpha value is -2.54. The maximum absolute atomic E-state index is 13.0. The first-order valence-electron chi connectivity index (χ1n) is 6.87. The van der Waals surface area contributed by atoms with Crippen LogP contribution >= 0.6 is 0 Å². The van der Waals surface area contributed by atoms with Crippen molar-refractivity contribution in [1.29, 1.82) is 0 Å². The standard InChI is InChI=1S/C16H15F3N2O2/c17-13-7-11(8-14(18)15(13)19)21-16(23)20-9-12(22)6-10-4-2-1-3-5-10/h1-5,7-8,12,22H,6,9H2,(H2,20,21,23). The molecule has 0 heterocycles. The number of carbonyl (C=O) groups is 1. The molecule has 0 saturated carbocycles. The van der Waals surface area contributed by atoms with E-state index in [0.717, 1.165) is 5.56 Å². The molecule has 2 rings (SSSR count). The van der Waals surface area contributed by atoms with Gasteiger partial charge in [0.05, 0.1) is 6.10 Å². The summed E-state index contributed by atoms with van der Waals surface area (Å²) in [5.74, 6) is -4.40. The van der Waals surface area contributed by atoms with Gasteiger partial charge in [-0.1, -0.05) is 30.3 Å². The van der Waals surface area contributed by atoms with E-state index in [1.807, 2.05) is 30.3 Å². The van der Waals surface area contributed by atoms with Gasteiger partial charge < -0.3 is 15.7 Å². The van der Waals surface area contributed by atoms with E-state index in [9.17, 15) is 23.1 Å². The Labute approximate surface area is 131 Å². The molecule has 0 radical (unpaired) electrons. The Morgan fingerprint density at radius 3 is 2.30 bits per heavy atom. The van der Waals surface area contributed by atoms with Crippen molar-refractivity contribution < 1.29 is 23.1 Å². The monoisotopic (exact) mass is 324 g/mol. The molecule has 0 aliphatic rings. The fourth-order valence-electron chi connectivity index (χ4n) is 1.97. The van der Waals surface area contributed by atoms with Gasteiger partial charge in [0.1, 0.15) is 0 Å². The molecule has 4 nitrogen and oxygen atoms in total. The van der Waals surface area contributed by atoms with Crippen LogP contribution in [0.4, 0.5) is 23.7 Å². The van der Waals surface area contributed by atoms with E-state index in [-0.39, 0.29) is 12.2 Å². The Morgan fingerprint density at radius 1 is 1.09 bits per heavy atom. The molecule has 0 saturated heterocycles. The third-order valence-corrected chi connectivity index (χ3v) is 3.05. The molecule has 0 fully saturated rings. The van der Waals surface area contributed by atoms with Crippen molar-refractivity contribution in [1.82, 2.24) is 5.32 Å². The minimum atomic E-state index is -1.60. The molecule has 0 aromatic heterocycles. The number of nitrogens with one attached hydrogen (secondary N) is 2. The van der Waals surface area contributed by atoms with E-state index in [4.69, 9.17) is 0 Å². The highest BCUT2D eigenvalue weighted by Gasteiger charge is 2.13. The smallest absolute Gasteiger partial charge is 0.319 e. The van der Waals surface area contributed by atoms with Gasteiger partial charge in [-0.3, -0.25) is 0 Å². The molecule has 3 N–H and O–H groups in total. The number of carbonyl (C=O) groups excluding carboxylic acids is 1. The lowest BCUT2D eigenvalue weighted by Gasteiger charge is -2.13. The van der Waals surface area contributed by atoms with Crippen molar-refractivity contribution in [3.05, 3.63) is 65.5 Å². The van der Waals surface area contributed by atoms with Crippen LogP contribution in [0.3, 0.4) is 0 Å². The highest BCUT2D eigenvalue weighted by Crippen LogP contribution is 2.17. The summed E-state index contributed by atoms with van der Waals surface area (Å²) in [5, 5.41) is 14.4. The Balaban J connectivity index is 1.83. The van der Waals surface area contributed by atoms with Crippen LogP contribution in [-0.4, -0.2) is 23.8 Å². The van der Waals surface area contributed by atoms with E-state index in [1.54, 1.807) is 0 Å². The third-order valence-electron chi connectivity index (χ3n) is 3.05. The van der Waals surface area contributed by atoms with E-state index in [2.05, 4.69) is 10.6 Å². The minimum Gasteiger partial charge on any atom is -0.391 e. The van der Waals surface area contributed by atoms with Crippen LogP contribution in [0.15, 0.2) is 42.5 Å². The van der Waals surface area contributed by atoms with Gasteiger partial charge in [-0.05, 0) is 5.56 Å². The summed E-state index contributed by atoms with van der Waals surface area (Å²) in [6.45, 7) is -0.0487. The maximum atomic E-state index is 13.0. The summed E-state index contributed by atoms with van der Waals surface area (Å²) in [7, 11) is 0. The van der Waals surface area contributed by atoms with Gasteiger partial charge in [0.2, 0.25) is 0 Å². The van der Waals surface area contributed by atoms with Crippen LogP contribution in [0, 0.1) is 17.5 Å². The molecule has 0 bridgehead atoms. The molecule has 7 heteroatoms. The van der Waals surface area contributed by atoms with Gasteiger partial charge >= 0.3 is 6.03 Å². The average Bonchev–Trinajstić information content (AvgIpc) is 2.51. The molecule has 2 aromatic carbocycles. The summed E-state index contributed by atoms with van der Waals surface area (Å²) in [4.78, 5) is 11.6. The molecule has 2 amide bonds. The number of urea groups is 1. The number of hydrogen-bond acceptors (Lipinski definition) is 2. The molecular weight excluding hydrogens is 309 g/mol. The molecule has 1 unspecified atom stereocenters. The SMILES string of the molecule is O=C(NCC(O)Cc1ccccc1)Nc1cc(F)c(F)c(F)c1. The van der Waals surface area contributed by atoms with E-state index >= 15 is 0 Å². The molecule has 122 valence electrons. The van der Waals surface area contributed by atoms with Gasteiger partial charge in [-0.25, -0.2) is 18.0 Å². The van der Waals surface area contributed by atoms with Gasteiger partial charge in [0, 0.05) is 30.8 Å². The van der Waals surface area contributed by atoms with Gasteiger partial charge in [0.15, 0.2) is 17.5 Å². The molecule has 23 heavy (non-hydrogen) atoms. The Bertz CT molecular complexity index is 657. The zero-order valence-electron chi connectivity index (χ0n) is 12.0. The Kier molecular flexibility index (Phi) is 5.59. The summed E-state index contributed by atoms with van der Waals surface area (Å²) >= 11 is 0. The Morgan fingerprint density at radius 2 is 1.70 bits per heavy atom. The summed E-state index contributed by atoms with van der Waals surface area (Å²) in [5.41, 5.74) is 0.682. The van der Waals surface area contributed by atoms with Crippen molar-refractivity contribution in [2.75, 3.05) is 11.9 Å². The topological polar surface area (TPSA) is 61.4 Å². The first-order valence-corrected chi connectivity index (χ1v) is 6.87. The predicted octanol–water partition coefficient (Wildman–Crippen LogP) is 2.83. The molecule has 0 aliphatic heterocycles. The van der Waals surface area contributed by atoms with Gasteiger partial charge in [-0.2, -0.15) is 0 Å². The first kappa shape index (κ1) is 16.8. The molecule has 0 spiro atoms. The number of aliphatic hydroxyl groups is 1. The van der Waals surface area contributed by atoms with Crippen molar-refractivity contribution in [2.45, 2.75) is 12.5 Å². The molecule has 0 aliphatic carbocycles. The largest absolute Gasteiger partial charge is 0.391 e. The zero-order valence-corrected chi connectivity index (χ0v) is 12.0. The summed E-state index contributed by atoms with van der Waals surface area (Å²) in [6.07, 6.45) is -0.467. The highest BCUT2D eigenvalue weighted by molar-refractivity contribution is 5.89. The quantitative estimate of drug-likeness (QED) is 0.741. The second kappa shape index (κ2) is 7.64. The van der Waals surface area contributed by atoms with E-state index in [1.165, 1.54) is 0 Å². The number of amides is 2. The van der Waals surface area contributed by atoms with Gasteiger partial charge in [0.25, 0.3) is 0 Å². The highest BCUT2D eigenvalue weighted by atomic mass is 19.2. The second-order valence-corrected chi connectivity index (χ2v) is 4.93. The van der Waals surface area contributed by atoms with Crippen LogP contribution in [-0.2, 0) is 6.42 Å². The fourth-order valence-corrected chi connectivity index (χ4v) is 1.97. The lowest BCUT2D eigenvalue weighted by atomic mass is 10.1. The van der Waals surface area contributed by atoms with Crippen LogP contribution in [0.1, 0.15) is 5.56 Å². The number of aliphatic hydroxyl groups excluding tert-OH is 1. The van der Waals surface area contributed by atoms with Gasteiger partial charge in [-0.15, -0.1) is 0 Å². The van der Waals surface area contributed by atoms with Crippen molar-refractivity contribution in [2.24, 2.45) is 0 Å². The normalized spacial score (nSPS) is 11.8. The fraction of sp³-hybridized carbons (Fsp3) is 0.188. The van der Waals surface area contributed by atoms with Crippen molar-refractivity contribution in [3.8, 4) is 0 Å². The van der Waals surface area contributed by atoms with Crippen LogP contribution < -0.4 is 10.6 Å². The lowest BCUT2D eigenvalue weighted by Crippen LogP contribution is -2.36.